The molecule has 128 valence electrons. The first-order valence-corrected chi connectivity index (χ1v) is 12.1. The van der Waals surface area contributed by atoms with Crippen molar-refractivity contribution < 1.29 is 8.96 Å². The van der Waals surface area contributed by atoms with Gasteiger partial charge in [-0.15, -0.1) is 0 Å². The molecule has 0 saturated heterocycles. The van der Waals surface area contributed by atoms with Crippen molar-refractivity contribution in [2.45, 2.75) is 26.6 Å². The molecule has 0 N–H and O–H groups in total. The van der Waals surface area contributed by atoms with E-state index in [-0.39, 0.29) is 5.82 Å². The number of nitrogens with zero attached hydrogens (tertiary/aromatic N) is 1. The molecule has 0 atom stereocenters. The van der Waals surface area contributed by atoms with Crippen LogP contribution in [-0.4, -0.2) is 8.07 Å². The zero-order valence-corrected chi connectivity index (χ0v) is 16.6. The van der Waals surface area contributed by atoms with Gasteiger partial charge in [-0.05, 0) is 35.7 Å². The number of aromatic nitrogens is 1. The van der Waals surface area contributed by atoms with Crippen LogP contribution in [-0.2, 0) is 7.05 Å². The Morgan fingerprint density at radius 2 is 1.56 bits per heavy atom. The fourth-order valence-electron chi connectivity index (χ4n) is 3.10. The largest absolute Gasteiger partial charge is 0.248 e. The summed E-state index contributed by atoms with van der Waals surface area (Å²) in [7, 11) is 0.383. The van der Waals surface area contributed by atoms with E-state index in [1.54, 1.807) is 6.07 Å². The van der Waals surface area contributed by atoms with Gasteiger partial charge < -0.3 is 0 Å². The van der Waals surface area contributed by atoms with Gasteiger partial charge in [-0.1, -0.05) is 62.1 Å². The highest BCUT2D eigenvalue weighted by Gasteiger charge is 2.26. The van der Waals surface area contributed by atoms with Crippen LogP contribution in [0.15, 0.2) is 60.8 Å². The Bertz CT molecular complexity index is 888. The molecule has 1 aromatic heterocycles. The fraction of sp³-hybridized carbons (Fsp3) is 0.227. The molecule has 0 aliphatic carbocycles. The quantitative estimate of drug-likeness (QED) is 0.470. The standard InChI is InChI=1S/C22H25FNSi/c1-16-11-12-18(17-9-7-6-8-10-17)13-20(16)22-21(23)14-19(15-24(22)2)25(3,4)5/h6-15H,1-5H3/q+1. The van der Waals surface area contributed by atoms with E-state index in [0.29, 0.717) is 5.69 Å². The van der Waals surface area contributed by atoms with Gasteiger partial charge in [-0.3, -0.25) is 0 Å². The third kappa shape index (κ3) is 3.56. The van der Waals surface area contributed by atoms with Crippen molar-refractivity contribution >= 4 is 13.3 Å². The minimum atomic E-state index is -1.56. The van der Waals surface area contributed by atoms with E-state index < -0.39 is 8.07 Å². The lowest BCUT2D eigenvalue weighted by atomic mass is 9.97. The molecule has 1 nitrogen and oxygen atoms in total. The molecule has 3 aromatic rings. The average Bonchev–Trinajstić information content (AvgIpc) is 2.56. The fourth-order valence-corrected chi connectivity index (χ4v) is 4.24. The Labute approximate surface area is 150 Å². The maximum atomic E-state index is 15.0. The molecule has 0 aliphatic heterocycles. The van der Waals surface area contributed by atoms with Crippen LogP contribution in [0.3, 0.4) is 0 Å². The van der Waals surface area contributed by atoms with Crippen LogP contribution >= 0.6 is 0 Å². The van der Waals surface area contributed by atoms with Gasteiger partial charge in [-0.2, -0.15) is 8.96 Å². The first-order valence-electron chi connectivity index (χ1n) is 8.63. The molecule has 0 unspecified atom stereocenters. The number of aryl methyl sites for hydroxylation is 2. The van der Waals surface area contributed by atoms with Gasteiger partial charge in [0.2, 0.25) is 5.69 Å². The summed E-state index contributed by atoms with van der Waals surface area (Å²) in [6.07, 6.45) is 2.10. The summed E-state index contributed by atoms with van der Waals surface area (Å²) < 4.78 is 17.0. The summed E-state index contributed by atoms with van der Waals surface area (Å²) in [5, 5.41) is 1.13. The normalized spacial score (nSPS) is 11.6. The lowest BCUT2D eigenvalue weighted by Crippen LogP contribution is -2.46. The summed E-state index contributed by atoms with van der Waals surface area (Å²) >= 11 is 0. The lowest BCUT2D eigenvalue weighted by molar-refractivity contribution is -0.660. The summed E-state index contributed by atoms with van der Waals surface area (Å²) in [4.78, 5) is 0. The summed E-state index contributed by atoms with van der Waals surface area (Å²) in [6, 6.07) is 18.2. The second-order valence-electron chi connectivity index (χ2n) is 7.68. The van der Waals surface area contributed by atoms with Crippen molar-refractivity contribution in [2.24, 2.45) is 7.05 Å². The van der Waals surface area contributed by atoms with Gasteiger partial charge in [0.05, 0.1) is 13.6 Å². The molecule has 3 rings (SSSR count). The molecule has 0 fully saturated rings. The van der Waals surface area contributed by atoms with Gasteiger partial charge in [0.15, 0.2) is 12.0 Å². The van der Waals surface area contributed by atoms with Gasteiger partial charge in [0, 0.05) is 5.19 Å². The summed E-state index contributed by atoms with van der Waals surface area (Å²) in [6.45, 7) is 8.75. The Kier molecular flexibility index (Phi) is 4.61. The van der Waals surface area contributed by atoms with Crippen molar-refractivity contribution in [2.75, 3.05) is 0 Å². The highest BCUT2D eigenvalue weighted by atomic mass is 28.3. The van der Waals surface area contributed by atoms with Crippen LogP contribution in [0.25, 0.3) is 22.4 Å². The number of hydrogen-bond acceptors (Lipinski definition) is 0. The SMILES string of the molecule is Cc1ccc(-c2ccccc2)cc1-c1c(F)cc([Si](C)(C)C)c[n+]1C. The average molecular weight is 351 g/mol. The Hall–Kier alpha value is -2.26. The maximum Gasteiger partial charge on any atom is 0.248 e. The minimum Gasteiger partial charge on any atom is -0.200 e. The molecule has 0 spiro atoms. The molecule has 1 heterocycles. The molecular formula is C22H25FNSi+. The van der Waals surface area contributed by atoms with E-state index >= 15 is 4.39 Å². The van der Waals surface area contributed by atoms with Crippen molar-refractivity contribution in [1.82, 2.24) is 0 Å². The lowest BCUT2D eigenvalue weighted by Gasteiger charge is -2.16. The monoisotopic (exact) mass is 350 g/mol. The number of benzene rings is 2. The van der Waals surface area contributed by atoms with Crippen LogP contribution < -0.4 is 9.75 Å². The zero-order chi connectivity index (χ0) is 18.2. The van der Waals surface area contributed by atoms with Crippen molar-refractivity contribution in [3.05, 3.63) is 72.2 Å². The van der Waals surface area contributed by atoms with Crippen molar-refractivity contribution in [1.29, 1.82) is 0 Å². The second kappa shape index (κ2) is 6.56. The molecule has 0 aliphatic rings. The third-order valence-corrected chi connectivity index (χ3v) is 6.67. The first kappa shape index (κ1) is 17.6. The summed E-state index contributed by atoms with van der Waals surface area (Å²) in [5.74, 6) is -0.143. The molecular weight excluding hydrogens is 325 g/mol. The highest BCUT2D eigenvalue weighted by Crippen LogP contribution is 2.29. The smallest absolute Gasteiger partial charge is 0.200 e. The minimum absolute atomic E-state index is 0.143. The topological polar surface area (TPSA) is 3.88 Å². The van der Waals surface area contributed by atoms with Gasteiger partial charge in [0.25, 0.3) is 0 Å². The third-order valence-electron chi connectivity index (χ3n) is 4.66. The predicted octanol–water partition coefficient (Wildman–Crippen LogP) is 4.84. The number of hydrogen-bond donors (Lipinski definition) is 0. The van der Waals surface area contributed by atoms with Crippen molar-refractivity contribution in [3.8, 4) is 22.4 Å². The maximum absolute atomic E-state index is 15.0. The number of pyridine rings is 1. The number of rotatable bonds is 3. The molecule has 0 saturated carbocycles. The first-order chi connectivity index (χ1) is 11.8. The molecule has 0 radical (unpaired) electrons. The van der Waals surface area contributed by atoms with E-state index in [2.05, 4.69) is 56.2 Å². The summed E-state index contributed by atoms with van der Waals surface area (Å²) in [5.41, 5.74) is 4.93. The van der Waals surface area contributed by atoms with Crippen LogP contribution in [0.4, 0.5) is 4.39 Å². The van der Waals surface area contributed by atoms with Gasteiger partial charge in [-0.25, -0.2) is 0 Å². The van der Waals surface area contributed by atoms with Crippen LogP contribution in [0, 0.1) is 12.7 Å². The highest BCUT2D eigenvalue weighted by molar-refractivity contribution is 6.88. The molecule has 3 heteroatoms. The van der Waals surface area contributed by atoms with E-state index in [4.69, 9.17) is 0 Å². The second-order valence-corrected chi connectivity index (χ2v) is 12.8. The predicted molar refractivity (Wildman–Crippen MR) is 106 cm³/mol. The van der Waals surface area contributed by atoms with E-state index in [0.717, 1.165) is 27.4 Å². The molecule has 0 amide bonds. The van der Waals surface area contributed by atoms with Crippen LogP contribution in [0.2, 0.25) is 19.6 Å². The van der Waals surface area contributed by atoms with Crippen LogP contribution in [0.5, 0.6) is 0 Å². The molecule has 0 bridgehead atoms. The Morgan fingerprint density at radius 1 is 0.880 bits per heavy atom. The van der Waals surface area contributed by atoms with E-state index in [1.807, 2.05) is 36.7 Å². The Morgan fingerprint density at radius 3 is 2.16 bits per heavy atom. The van der Waals surface area contributed by atoms with E-state index in [9.17, 15) is 0 Å². The zero-order valence-electron chi connectivity index (χ0n) is 15.6. The van der Waals surface area contributed by atoms with Gasteiger partial charge >= 0.3 is 0 Å². The Balaban J connectivity index is 2.17. The van der Waals surface area contributed by atoms with E-state index in [1.165, 1.54) is 0 Å². The van der Waals surface area contributed by atoms with Crippen molar-refractivity contribution in [3.63, 3.8) is 0 Å². The molecule has 2 aromatic carbocycles. The van der Waals surface area contributed by atoms with Crippen LogP contribution in [0.1, 0.15) is 5.56 Å². The number of halogens is 1. The molecule has 25 heavy (non-hydrogen) atoms. The van der Waals surface area contributed by atoms with Gasteiger partial charge in [0.1, 0.15) is 7.05 Å².